The zero-order valence-corrected chi connectivity index (χ0v) is 50.9. The monoisotopic (exact) mass is 1240 g/mol. The summed E-state index contributed by atoms with van der Waals surface area (Å²) < 4.78 is 54.2. The topological polar surface area (TPSA) is 142 Å². The van der Waals surface area contributed by atoms with Gasteiger partial charge in [0.2, 0.25) is 0 Å². The second-order valence-corrected chi connectivity index (χ2v) is 29.5. The summed E-state index contributed by atoms with van der Waals surface area (Å²) in [6, 6.07) is 66.2. The van der Waals surface area contributed by atoms with Crippen molar-refractivity contribution >= 4 is 73.5 Å². The van der Waals surface area contributed by atoms with E-state index >= 15 is 19.2 Å². The van der Waals surface area contributed by atoms with Crippen molar-refractivity contribution in [2.75, 3.05) is 0 Å². The molecule has 0 aromatic heterocycles. The van der Waals surface area contributed by atoms with E-state index in [4.69, 9.17) is 37.2 Å². The minimum Gasteiger partial charge on any atom is -0.519 e. The van der Waals surface area contributed by atoms with Gasteiger partial charge in [0.25, 0.3) is 0 Å². The molecule has 14 aliphatic carbocycles. The lowest BCUT2D eigenvalue weighted by atomic mass is 9.42. The smallest absolute Gasteiger partial charge is 0.519 e. The van der Waals surface area contributed by atoms with E-state index in [2.05, 4.69) is 146 Å². The lowest BCUT2D eigenvalue weighted by Crippen LogP contribution is -2.60. The molecule has 0 N–H and O–H groups in total. The molecule has 11 aliphatic heterocycles. The molecule has 0 radical (unpaired) electrons. The normalized spacial score (nSPS) is 30.3. The Bertz CT molecular complexity index is 4500. The number of benzene rings is 10. The molecule has 16 heteroatoms. The van der Waals surface area contributed by atoms with E-state index in [1.165, 1.54) is 0 Å². The molecule has 11 heterocycles. The molecule has 0 saturated heterocycles. The average Bonchev–Trinajstić information content (AvgIpc) is 0.738. The summed E-state index contributed by atoms with van der Waals surface area (Å²) in [5, 5.41) is 0. The van der Waals surface area contributed by atoms with Crippen molar-refractivity contribution in [3.63, 3.8) is 0 Å². The van der Waals surface area contributed by atoms with Gasteiger partial charge in [-0.05, 0) is 138 Å². The molecule has 35 rings (SSSR count). The Morgan fingerprint density at radius 2 is 0.323 bits per heavy atom. The number of hydrogen-bond donors (Lipinski definition) is 0. The fourth-order valence-corrected chi connectivity index (χ4v) is 22.5. The maximum absolute atomic E-state index is 16.3. The van der Waals surface area contributed by atoms with Crippen molar-refractivity contribution in [1.82, 2.24) is 0 Å². The number of ketones is 4. The van der Waals surface area contributed by atoms with E-state index in [-0.39, 0.29) is 70.5 Å². The molecule has 96 heavy (non-hydrogen) atoms. The Morgan fingerprint density at radius 3 is 0.458 bits per heavy atom. The van der Waals surface area contributed by atoms with Crippen molar-refractivity contribution in [3.05, 3.63) is 283 Å². The summed E-state index contributed by atoms with van der Waals surface area (Å²) in [6.07, 6.45) is 0. The predicted octanol–water partition coefficient (Wildman–Crippen LogP) is 9.66. The largest absolute Gasteiger partial charge is 0.632 e. The maximum atomic E-state index is 16.3. The third-order valence-electron chi connectivity index (χ3n) is 25.8. The van der Waals surface area contributed by atoms with E-state index in [1.54, 1.807) is 0 Å². The summed E-state index contributed by atoms with van der Waals surface area (Å²) >= 11 is 0. The van der Waals surface area contributed by atoms with Crippen LogP contribution in [0, 0.1) is 47.3 Å². The first kappa shape index (κ1) is 51.0. The predicted molar refractivity (Wildman–Crippen MR) is 354 cm³/mol. The van der Waals surface area contributed by atoms with Crippen LogP contribution in [0.1, 0.15) is 136 Å². The van der Waals surface area contributed by atoms with Gasteiger partial charge in [-0.3, -0.25) is 19.2 Å². The first-order valence-corrected chi connectivity index (χ1v) is 34.0. The van der Waals surface area contributed by atoms with Gasteiger partial charge in [-0.2, -0.15) is 0 Å². The van der Waals surface area contributed by atoms with Gasteiger partial charge in [0.1, 0.15) is 69.1 Å². The average molecular weight is 1240 g/mol. The third-order valence-corrected chi connectivity index (χ3v) is 25.8. The minimum atomic E-state index is -0.774. The van der Waals surface area contributed by atoms with Crippen LogP contribution in [-0.4, -0.2) is 51.6 Å². The fraction of sp³-hybridized carbons (Fsp3) is 0.200. The third kappa shape index (κ3) is 5.94. The Hall–Kier alpha value is -10.5. The van der Waals surface area contributed by atoms with Crippen molar-refractivity contribution in [1.29, 1.82) is 0 Å². The summed E-state index contributed by atoms with van der Waals surface area (Å²) in [5.41, 5.74) is 19.9. The Kier molecular flexibility index (Phi) is 9.10. The molecule has 12 unspecified atom stereocenters. The Labute approximate surface area is 550 Å². The summed E-state index contributed by atoms with van der Waals surface area (Å²) in [7, 11) is -3.09. The van der Waals surface area contributed by atoms with E-state index in [0.29, 0.717) is 46.0 Å². The molecule has 2 fully saturated rings. The van der Waals surface area contributed by atoms with Crippen LogP contribution in [0.5, 0.6) is 46.0 Å². The van der Waals surface area contributed by atoms with Crippen molar-refractivity contribution in [2.24, 2.45) is 47.3 Å². The second-order valence-electron chi connectivity index (χ2n) is 29.5. The quantitative estimate of drug-likeness (QED) is 0.134. The van der Waals surface area contributed by atoms with Crippen LogP contribution in [0.25, 0.3) is 0 Å². The molecule has 452 valence electrons. The number of hydrogen-bond acceptors (Lipinski definition) is 12. The first-order chi connectivity index (χ1) is 47.2. The second kappa shape index (κ2) is 17.1. The zero-order chi connectivity index (χ0) is 62.3. The van der Waals surface area contributed by atoms with Gasteiger partial charge < -0.3 is 37.2 Å². The van der Waals surface area contributed by atoms with Crippen molar-refractivity contribution < 1.29 is 56.4 Å². The number of rotatable bonds is 0. The molecule has 10 aromatic rings. The van der Waals surface area contributed by atoms with Crippen molar-refractivity contribution in [2.45, 2.75) is 47.3 Å². The molecule has 25 aliphatic rings. The van der Waals surface area contributed by atoms with Gasteiger partial charge in [-0.15, -0.1) is 0 Å². The Balaban J connectivity index is 0.627. The van der Waals surface area contributed by atoms with Crippen LogP contribution in [0.4, 0.5) is 0 Å². The SMILES string of the molecule is O=C1C2C3c4ccccc4[C@@H]4c5cc6c(cc53)OB(O6)c3ccc(cc3)B3Oc5cc6c(cc5O3)[C@@H]3c5ccccc5C6C5C(=O)C6C7c8ccccc8[C@H](c8cc9c(cc87)OB(O9)c7ccc(cc7)B7Oc8cc9c(cc8O7)[C@@H]7c8ccccc8C9C1C7C(=O)C24)C6C(=O)C53. The number of carbonyl (C=O) groups excluding carboxylic acids is 4. The first-order valence-electron chi connectivity index (χ1n) is 34.0. The van der Waals surface area contributed by atoms with Gasteiger partial charge in [0.05, 0.1) is 0 Å². The molecule has 2 saturated carbocycles. The zero-order valence-electron chi connectivity index (χ0n) is 50.9. The fourth-order valence-electron chi connectivity index (χ4n) is 22.5. The van der Waals surface area contributed by atoms with Crippen LogP contribution in [-0.2, 0) is 19.2 Å². The van der Waals surface area contributed by atoms with Crippen LogP contribution in [0.15, 0.2) is 194 Å². The molecule has 0 amide bonds. The Morgan fingerprint density at radius 1 is 0.188 bits per heavy atom. The molecule has 40 bridgehead atoms. The highest BCUT2D eigenvalue weighted by atomic mass is 16.6. The highest BCUT2D eigenvalue weighted by molar-refractivity contribution is 6.66. The van der Waals surface area contributed by atoms with Crippen LogP contribution in [0.2, 0.25) is 0 Å². The summed E-state index contributed by atoms with van der Waals surface area (Å²) in [4.78, 5) is 65.0. The lowest BCUT2D eigenvalue weighted by molar-refractivity contribution is -0.152. The molecular formula is C80H48B4O12. The van der Waals surface area contributed by atoms with Gasteiger partial charge in [-0.25, -0.2) is 0 Å². The minimum absolute atomic E-state index is 0.147. The highest BCUT2D eigenvalue weighted by Crippen LogP contribution is 2.72. The lowest BCUT2D eigenvalue weighted by Gasteiger charge is -2.59. The van der Waals surface area contributed by atoms with Crippen LogP contribution < -0.4 is 59.1 Å². The highest BCUT2D eigenvalue weighted by Gasteiger charge is 2.70. The molecular weight excluding hydrogens is 1200 g/mol. The van der Waals surface area contributed by atoms with Crippen molar-refractivity contribution in [3.8, 4) is 46.0 Å². The van der Waals surface area contributed by atoms with Crippen LogP contribution in [0.3, 0.4) is 0 Å². The number of carbonyl (C=O) groups is 4. The van der Waals surface area contributed by atoms with Gasteiger partial charge >= 0.3 is 28.5 Å². The van der Waals surface area contributed by atoms with Gasteiger partial charge in [0, 0.05) is 117 Å². The molecule has 0 spiro atoms. The van der Waals surface area contributed by atoms with E-state index < -0.39 is 75.8 Å². The maximum Gasteiger partial charge on any atom is 0.632 e. The summed E-state index contributed by atoms with van der Waals surface area (Å²) in [6.45, 7) is 0. The van der Waals surface area contributed by atoms with Crippen LogP contribution >= 0.6 is 0 Å². The molecule has 10 aromatic carbocycles. The summed E-state index contributed by atoms with van der Waals surface area (Å²) in [5.74, 6) is -2.25. The van der Waals surface area contributed by atoms with Gasteiger partial charge in [-0.1, -0.05) is 146 Å². The molecule has 12 nitrogen and oxygen atoms in total. The standard InChI is InChI=1S/C80H48B4O12/c85-77-69-61-37-9-1-2-10-38(37)62-46-26-54-53(25-45(46)61)89-81(90-54)33-17-19-34(20-18-33)83-93-57-29-49-50(30-58(57)94-83)66-42-14-6-5-13-41(42)65(49)73-74(66)80(88)76-68-44-16-8-7-15-43(44)67(75(76)79(73)87)51-31-59-60(32-52(51)68)96-84(95-59)36-23-21-35(22-24-36)82-91-55-27-47-48(28-56(55)92-82)64-40-12-4-3-11-39(40)63(47)71(77)72(64)78(86)70(62)69/h1-32,61-76H/t61-,62?,63+,64?,65+,66?,67-,68?,69?,70?,71?,72?,73?,74?,75?,76?. The molecule has 16 atom stereocenters. The van der Waals surface area contributed by atoms with Gasteiger partial charge in [0.15, 0.2) is 0 Å². The van der Waals surface area contributed by atoms with E-state index in [0.717, 1.165) is 111 Å². The number of Topliss-reactive ketones (excluding diaryl/α,β-unsaturated/α-hetero) is 4. The van der Waals surface area contributed by atoms with E-state index in [1.807, 2.05) is 48.5 Å². The van der Waals surface area contributed by atoms with E-state index in [9.17, 15) is 0 Å².